The number of unbranched alkanes of at least 4 members (excludes halogenated alkanes) is 49. The van der Waals surface area contributed by atoms with Crippen molar-refractivity contribution in [2.45, 2.75) is 397 Å². The standard InChI is InChI=1S/C69H133NO8/c1-3-5-7-9-11-13-15-17-19-21-23-25-27-29-31-32-33-34-36-38-40-42-44-46-48-50-52-54-56-58-63(72)62(61-77-69-68(76)67(75)66(74)64(60-71)78-69)70-65(73)59-57-55-53-51-49-47-45-43-41-39-37-35-30-28-26-24-22-20-18-16-14-12-10-8-6-4-2/h48,50,56,58,62-64,66-69,71-72,74-76H,3-47,49,51-55,57,59-61H2,1-2H3,(H,70,73)/b50-48+,58-56+. The van der Waals surface area contributed by atoms with Crippen LogP contribution in [0.2, 0.25) is 0 Å². The molecule has 0 aromatic rings. The molecule has 0 aromatic heterocycles. The molecule has 0 aromatic carbocycles. The van der Waals surface area contributed by atoms with Crippen LogP contribution in [0.4, 0.5) is 0 Å². The van der Waals surface area contributed by atoms with Gasteiger partial charge in [-0.1, -0.05) is 340 Å². The van der Waals surface area contributed by atoms with Crippen LogP contribution in [0.15, 0.2) is 24.3 Å². The maximum absolute atomic E-state index is 13.1. The lowest BCUT2D eigenvalue weighted by atomic mass is 9.99. The van der Waals surface area contributed by atoms with Crippen molar-refractivity contribution in [3.63, 3.8) is 0 Å². The molecule has 1 heterocycles. The Kier molecular flexibility index (Phi) is 56.3. The molecule has 0 saturated carbocycles. The molecule has 1 amide bonds. The molecule has 9 heteroatoms. The second-order valence-corrected chi connectivity index (χ2v) is 24.3. The molecule has 1 aliphatic heterocycles. The number of hydrogen-bond donors (Lipinski definition) is 6. The highest BCUT2D eigenvalue weighted by Gasteiger charge is 2.44. The summed E-state index contributed by atoms with van der Waals surface area (Å²) in [6.07, 6.45) is 70.0. The minimum Gasteiger partial charge on any atom is -0.394 e. The number of amides is 1. The van der Waals surface area contributed by atoms with Crippen LogP contribution in [0.5, 0.6) is 0 Å². The minimum absolute atomic E-state index is 0.178. The van der Waals surface area contributed by atoms with Gasteiger partial charge in [-0.3, -0.25) is 4.79 Å². The largest absolute Gasteiger partial charge is 0.394 e. The third kappa shape index (κ3) is 47.2. The van der Waals surface area contributed by atoms with Gasteiger partial charge in [0.05, 0.1) is 25.4 Å². The number of ether oxygens (including phenoxy) is 2. The molecule has 6 N–H and O–H groups in total. The molecule has 462 valence electrons. The maximum Gasteiger partial charge on any atom is 0.220 e. The van der Waals surface area contributed by atoms with Crippen LogP contribution < -0.4 is 5.32 Å². The van der Waals surface area contributed by atoms with Crippen molar-refractivity contribution in [3.05, 3.63) is 24.3 Å². The van der Waals surface area contributed by atoms with Crippen molar-refractivity contribution >= 4 is 5.91 Å². The lowest BCUT2D eigenvalue weighted by Gasteiger charge is -2.40. The minimum atomic E-state index is -1.57. The van der Waals surface area contributed by atoms with Gasteiger partial charge in [0.1, 0.15) is 24.4 Å². The fourth-order valence-corrected chi connectivity index (χ4v) is 11.4. The van der Waals surface area contributed by atoms with Gasteiger partial charge < -0.3 is 40.3 Å². The highest BCUT2D eigenvalue weighted by Crippen LogP contribution is 2.23. The van der Waals surface area contributed by atoms with Crippen molar-refractivity contribution in [1.82, 2.24) is 5.32 Å². The highest BCUT2D eigenvalue weighted by atomic mass is 16.7. The Morgan fingerprint density at radius 1 is 0.423 bits per heavy atom. The zero-order valence-electron chi connectivity index (χ0n) is 51.7. The highest BCUT2D eigenvalue weighted by molar-refractivity contribution is 5.76. The van der Waals surface area contributed by atoms with Crippen molar-refractivity contribution in [2.24, 2.45) is 0 Å². The van der Waals surface area contributed by atoms with Gasteiger partial charge in [0.15, 0.2) is 6.29 Å². The van der Waals surface area contributed by atoms with Gasteiger partial charge in [-0.05, 0) is 32.1 Å². The van der Waals surface area contributed by atoms with Crippen LogP contribution >= 0.6 is 0 Å². The molecule has 7 atom stereocenters. The van der Waals surface area contributed by atoms with E-state index in [-0.39, 0.29) is 12.5 Å². The second kappa shape index (κ2) is 58.9. The van der Waals surface area contributed by atoms with Gasteiger partial charge in [0.2, 0.25) is 5.91 Å². The summed E-state index contributed by atoms with van der Waals surface area (Å²) < 4.78 is 11.3. The monoisotopic (exact) mass is 1100 g/mol. The number of aliphatic hydroxyl groups excluding tert-OH is 5. The summed E-state index contributed by atoms with van der Waals surface area (Å²) in [6, 6.07) is -0.820. The predicted molar refractivity (Wildman–Crippen MR) is 332 cm³/mol. The van der Waals surface area contributed by atoms with Gasteiger partial charge in [-0.2, -0.15) is 0 Å². The molecule has 1 rings (SSSR count). The molecule has 0 aliphatic carbocycles. The topological polar surface area (TPSA) is 149 Å². The molecule has 0 spiro atoms. The Hall–Kier alpha value is -1.33. The summed E-state index contributed by atoms with van der Waals surface area (Å²) in [5.41, 5.74) is 0. The Bertz CT molecular complexity index is 1280. The lowest BCUT2D eigenvalue weighted by molar-refractivity contribution is -0.302. The molecule has 9 nitrogen and oxygen atoms in total. The second-order valence-electron chi connectivity index (χ2n) is 24.3. The van der Waals surface area contributed by atoms with E-state index in [0.29, 0.717) is 6.42 Å². The number of aliphatic hydroxyl groups is 5. The smallest absolute Gasteiger partial charge is 0.220 e. The van der Waals surface area contributed by atoms with E-state index in [0.717, 1.165) is 38.5 Å². The normalized spacial score (nSPS) is 18.7. The Balaban J connectivity index is 2.15. The van der Waals surface area contributed by atoms with Crippen LogP contribution in [0.3, 0.4) is 0 Å². The first-order valence-corrected chi connectivity index (χ1v) is 34.6. The van der Waals surface area contributed by atoms with Crippen LogP contribution in [0, 0.1) is 0 Å². The number of carbonyl (C=O) groups is 1. The SMILES string of the molecule is CCCCCCCCCCCCCCCCCCCCCCCCC/C=C/CC/C=C/C(O)C(COC1OC(CO)C(O)C(O)C1O)NC(=O)CCCCCCCCCCCCCCCCCCCCCCCCCCCC. The molecule has 1 aliphatic rings. The van der Waals surface area contributed by atoms with E-state index in [4.69, 9.17) is 9.47 Å². The van der Waals surface area contributed by atoms with Crippen molar-refractivity contribution in [2.75, 3.05) is 13.2 Å². The lowest BCUT2D eigenvalue weighted by Crippen LogP contribution is -2.60. The average molecular weight is 1100 g/mol. The fourth-order valence-electron chi connectivity index (χ4n) is 11.4. The number of hydrogen-bond acceptors (Lipinski definition) is 8. The van der Waals surface area contributed by atoms with E-state index in [1.165, 1.54) is 295 Å². The summed E-state index contributed by atoms with van der Waals surface area (Å²) >= 11 is 0. The molecular formula is C69H133NO8. The maximum atomic E-state index is 13.1. The Morgan fingerprint density at radius 2 is 0.731 bits per heavy atom. The number of nitrogens with one attached hydrogen (secondary N) is 1. The third-order valence-corrected chi connectivity index (χ3v) is 16.8. The first-order valence-electron chi connectivity index (χ1n) is 34.6. The summed E-state index contributed by atoms with van der Waals surface area (Å²) in [6.45, 7) is 3.83. The van der Waals surface area contributed by atoms with E-state index in [2.05, 4.69) is 31.3 Å². The summed E-state index contributed by atoms with van der Waals surface area (Å²) in [4.78, 5) is 13.1. The van der Waals surface area contributed by atoms with Crippen molar-refractivity contribution < 1.29 is 39.8 Å². The van der Waals surface area contributed by atoms with E-state index < -0.39 is 49.5 Å². The van der Waals surface area contributed by atoms with Gasteiger partial charge in [-0.15, -0.1) is 0 Å². The van der Waals surface area contributed by atoms with E-state index >= 15 is 0 Å². The molecule has 0 radical (unpaired) electrons. The fraction of sp³-hybridized carbons (Fsp3) is 0.928. The first-order chi connectivity index (χ1) is 38.3. The Labute approximate surface area is 483 Å². The third-order valence-electron chi connectivity index (χ3n) is 16.8. The zero-order chi connectivity index (χ0) is 56.5. The first kappa shape index (κ1) is 74.7. The summed E-state index contributed by atoms with van der Waals surface area (Å²) in [5.74, 6) is -0.178. The van der Waals surface area contributed by atoms with Gasteiger partial charge in [-0.25, -0.2) is 0 Å². The predicted octanol–water partition coefficient (Wildman–Crippen LogP) is 18.5. The van der Waals surface area contributed by atoms with E-state index in [1.807, 2.05) is 6.08 Å². The molecule has 7 unspecified atom stereocenters. The van der Waals surface area contributed by atoms with Gasteiger partial charge in [0.25, 0.3) is 0 Å². The quantitative estimate of drug-likeness (QED) is 0.0261. The Morgan fingerprint density at radius 3 is 1.08 bits per heavy atom. The van der Waals surface area contributed by atoms with Crippen LogP contribution in [-0.2, 0) is 14.3 Å². The molecule has 1 fully saturated rings. The summed E-state index contributed by atoms with van der Waals surface area (Å²) in [7, 11) is 0. The average Bonchev–Trinajstić information content (AvgIpc) is 3.45. The van der Waals surface area contributed by atoms with Gasteiger partial charge in [0, 0.05) is 6.42 Å². The molecule has 1 saturated heterocycles. The van der Waals surface area contributed by atoms with Crippen LogP contribution in [0.25, 0.3) is 0 Å². The number of carbonyl (C=O) groups excluding carboxylic acids is 1. The van der Waals surface area contributed by atoms with Gasteiger partial charge >= 0.3 is 0 Å². The number of rotatable bonds is 61. The van der Waals surface area contributed by atoms with E-state index in [9.17, 15) is 30.3 Å². The van der Waals surface area contributed by atoms with Crippen LogP contribution in [0.1, 0.15) is 354 Å². The van der Waals surface area contributed by atoms with E-state index in [1.54, 1.807) is 6.08 Å². The zero-order valence-corrected chi connectivity index (χ0v) is 51.7. The van der Waals surface area contributed by atoms with Crippen molar-refractivity contribution in [1.29, 1.82) is 0 Å². The summed E-state index contributed by atoms with van der Waals surface area (Å²) in [5, 5.41) is 54.7. The molecule has 0 bridgehead atoms. The van der Waals surface area contributed by atoms with Crippen molar-refractivity contribution in [3.8, 4) is 0 Å². The number of allylic oxidation sites excluding steroid dienone is 3. The molecular weight excluding hydrogens is 971 g/mol. The van der Waals surface area contributed by atoms with Crippen LogP contribution in [-0.4, -0.2) is 87.5 Å². The molecule has 78 heavy (non-hydrogen) atoms.